The lowest BCUT2D eigenvalue weighted by atomic mass is 9.95. The Balaban J connectivity index is 1.62. The number of ether oxygens (including phenoxy) is 1. The molecule has 36 heavy (non-hydrogen) atoms. The summed E-state index contributed by atoms with van der Waals surface area (Å²) < 4.78 is 19.2. The molecule has 0 fully saturated rings. The Morgan fingerprint density at radius 3 is 2.56 bits per heavy atom. The number of fused-ring (bicyclic) bond motifs is 1. The molecule has 3 aromatic carbocycles. The van der Waals surface area contributed by atoms with Gasteiger partial charge in [-0.2, -0.15) is 5.10 Å². The number of aryl methyl sites for hydroxylation is 1. The lowest BCUT2D eigenvalue weighted by Gasteiger charge is -2.27. The van der Waals surface area contributed by atoms with Gasteiger partial charge in [0.1, 0.15) is 28.7 Å². The maximum Gasteiger partial charge on any atom is 0.273 e. The number of phenols is 1. The van der Waals surface area contributed by atoms with Gasteiger partial charge in [0.2, 0.25) is 0 Å². The fourth-order valence-corrected chi connectivity index (χ4v) is 4.68. The zero-order valence-corrected chi connectivity index (χ0v) is 20.6. The highest BCUT2D eigenvalue weighted by Crippen LogP contribution is 2.46. The topological polar surface area (TPSA) is 78.5 Å². The molecule has 1 atom stereocenters. The molecule has 2 heterocycles. The molecule has 8 heteroatoms. The van der Waals surface area contributed by atoms with Gasteiger partial charge in [0, 0.05) is 22.7 Å². The highest BCUT2D eigenvalue weighted by Gasteiger charge is 2.42. The van der Waals surface area contributed by atoms with Crippen molar-refractivity contribution in [2.75, 3.05) is 6.61 Å². The summed E-state index contributed by atoms with van der Waals surface area (Å²) in [5.41, 5.74) is 4.27. The number of carbonyl (C=O) groups is 1. The minimum absolute atomic E-state index is 0.0256. The van der Waals surface area contributed by atoms with E-state index in [4.69, 9.17) is 16.3 Å². The number of aromatic nitrogens is 2. The summed E-state index contributed by atoms with van der Waals surface area (Å²) >= 11 is 6.37. The lowest BCUT2D eigenvalue weighted by Crippen LogP contribution is -2.29. The van der Waals surface area contributed by atoms with Crippen LogP contribution in [0.5, 0.6) is 11.5 Å². The van der Waals surface area contributed by atoms with E-state index in [0.29, 0.717) is 34.1 Å². The van der Waals surface area contributed by atoms with Gasteiger partial charge in [0.15, 0.2) is 0 Å². The first-order valence-electron chi connectivity index (χ1n) is 11.7. The summed E-state index contributed by atoms with van der Waals surface area (Å²) in [7, 11) is 0. The van der Waals surface area contributed by atoms with Gasteiger partial charge >= 0.3 is 0 Å². The summed E-state index contributed by atoms with van der Waals surface area (Å²) in [6.07, 6.45) is 0.897. The molecule has 1 unspecified atom stereocenters. The Morgan fingerprint density at radius 1 is 1.14 bits per heavy atom. The largest absolute Gasteiger partial charge is 0.507 e. The summed E-state index contributed by atoms with van der Waals surface area (Å²) in [4.78, 5) is 15.3. The van der Waals surface area contributed by atoms with E-state index in [2.05, 4.69) is 10.2 Å². The normalized spacial score (nSPS) is 14.8. The van der Waals surface area contributed by atoms with E-state index >= 15 is 0 Å². The summed E-state index contributed by atoms with van der Waals surface area (Å²) in [6, 6.07) is 16.4. The van der Waals surface area contributed by atoms with Crippen molar-refractivity contribution in [3.8, 4) is 22.8 Å². The van der Waals surface area contributed by atoms with Gasteiger partial charge in [-0.3, -0.25) is 9.89 Å². The van der Waals surface area contributed by atoms with Crippen LogP contribution in [-0.2, 0) is 6.54 Å². The molecule has 5 rings (SSSR count). The Kier molecular flexibility index (Phi) is 6.41. The van der Waals surface area contributed by atoms with Crippen LogP contribution >= 0.6 is 11.6 Å². The second kappa shape index (κ2) is 9.66. The van der Waals surface area contributed by atoms with Crippen LogP contribution < -0.4 is 4.74 Å². The average Bonchev–Trinajstić information content (AvgIpc) is 3.41. The fraction of sp³-hybridized carbons (Fsp3) is 0.214. The Labute approximate surface area is 213 Å². The number of hydrogen-bond acceptors (Lipinski definition) is 4. The molecule has 184 valence electrons. The predicted octanol–water partition coefficient (Wildman–Crippen LogP) is 6.42. The van der Waals surface area contributed by atoms with Crippen LogP contribution in [0, 0.1) is 12.7 Å². The van der Waals surface area contributed by atoms with E-state index in [0.717, 1.165) is 28.9 Å². The van der Waals surface area contributed by atoms with Crippen LogP contribution in [0.25, 0.3) is 11.3 Å². The predicted molar refractivity (Wildman–Crippen MR) is 136 cm³/mol. The monoisotopic (exact) mass is 505 g/mol. The number of aromatic hydroxyl groups is 1. The summed E-state index contributed by atoms with van der Waals surface area (Å²) in [6.45, 7) is 4.72. The van der Waals surface area contributed by atoms with Crippen LogP contribution in [0.3, 0.4) is 0 Å². The molecule has 1 amide bonds. The maximum atomic E-state index is 13.6. The number of aromatic amines is 1. The third-order valence-corrected chi connectivity index (χ3v) is 6.74. The van der Waals surface area contributed by atoms with Crippen LogP contribution in [0.2, 0.25) is 5.02 Å². The first-order chi connectivity index (χ1) is 17.4. The van der Waals surface area contributed by atoms with Gasteiger partial charge in [0.05, 0.1) is 12.6 Å². The first kappa shape index (κ1) is 23.9. The van der Waals surface area contributed by atoms with Gasteiger partial charge in [-0.1, -0.05) is 42.8 Å². The minimum Gasteiger partial charge on any atom is -0.507 e. The molecule has 0 bridgehead atoms. The van der Waals surface area contributed by atoms with E-state index in [1.165, 1.54) is 12.1 Å². The molecule has 4 aromatic rings. The molecule has 2 N–H and O–H groups in total. The van der Waals surface area contributed by atoms with Crippen molar-refractivity contribution >= 4 is 17.5 Å². The van der Waals surface area contributed by atoms with Gasteiger partial charge in [0.25, 0.3) is 5.91 Å². The number of amides is 1. The molecule has 0 radical (unpaired) electrons. The number of benzene rings is 3. The third-order valence-electron chi connectivity index (χ3n) is 6.33. The standard InChI is InChI=1S/C28H25ClFN3O3/c1-3-12-36-20-10-6-18(7-11-20)27-24-25(21-14-22(29)16(2)13-23(21)34)31-32-26(24)28(35)33(27)15-17-4-8-19(30)9-5-17/h4-11,13-14,27,34H,3,12,15H2,1-2H3,(H,31,32). The number of carbonyl (C=O) groups excluding carboxylic acids is 1. The smallest absolute Gasteiger partial charge is 0.273 e. The zero-order chi connectivity index (χ0) is 25.4. The van der Waals surface area contributed by atoms with E-state index < -0.39 is 6.04 Å². The van der Waals surface area contributed by atoms with Crippen LogP contribution in [-0.4, -0.2) is 32.7 Å². The maximum absolute atomic E-state index is 13.6. The van der Waals surface area contributed by atoms with Crippen molar-refractivity contribution in [3.63, 3.8) is 0 Å². The molecule has 0 aliphatic carbocycles. The molecule has 1 aromatic heterocycles. The van der Waals surface area contributed by atoms with Gasteiger partial charge in [-0.25, -0.2) is 4.39 Å². The molecular formula is C28H25ClFN3O3. The van der Waals surface area contributed by atoms with E-state index in [1.54, 1.807) is 36.1 Å². The fourth-order valence-electron chi connectivity index (χ4n) is 4.52. The molecule has 0 saturated carbocycles. The number of nitrogens with one attached hydrogen (secondary N) is 1. The van der Waals surface area contributed by atoms with Gasteiger partial charge in [-0.05, 0) is 66.4 Å². The molecular weight excluding hydrogens is 481 g/mol. The van der Waals surface area contributed by atoms with Crippen molar-refractivity contribution in [1.82, 2.24) is 15.1 Å². The van der Waals surface area contributed by atoms with Crippen molar-refractivity contribution in [2.45, 2.75) is 32.9 Å². The summed E-state index contributed by atoms with van der Waals surface area (Å²) in [5.74, 6) is 0.194. The number of hydrogen-bond donors (Lipinski definition) is 2. The van der Waals surface area contributed by atoms with Crippen molar-refractivity contribution in [3.05, 3.63) is 99.5 Å². The molecule has 6 nitrogen and oxygen atoms in total. The van der Waals surface area contributed by atoms with Crippen LogP contribution in [0.1, 0.15) is 52.1 Å². The van der Waals surface area contributed by atoms with E-state index in [-0.39, 0.29) is 24.0 Å². The summed E-state index contributed by atoms with van der Waals surface area (Å²) in [5, 5.41) is 18.5. The zero-order valence-electron chi connectivity index (χ0n) is 19.9. The minimum atomic E-state index is -0.494. The molecule has 1 aliphatic heterocycles. The highest BCUT2D eigenvalue weighted by atomic mass is 35.5. The van der Waals surface area contributed by atoms with E-state index in [9.17, 15) is 14.3 Å². The SMILES string of the molecule is CCCOc1ccc(C2c3c(-c4cc(Cl)c(C)cc4O)n[nH]c3C(=O)N2Cc2ccc(F)cc2)cc1. The average molecular weight is 506 g/mol. The third kappa shape index (κ3) is 4.31. The number of H-pyrrole nitrogens is 1. The van der Waals surface area contributed by atoms with Crippen LogP contribution in [0.15, 0.2) is 60.7 Å². The van der Waals surface area contributed by atoms with E-state index in [1.807, 2.05) is 31.2 Å². The quantitative estimate of drug-likeness (QED) is 0.304. The molecule has 1 aliphatic rings. The number of phenolic OH excluding ortho intramolecular Hbond substituents is 1. The lowest BCUT2D eigenvalue weighted by molar-refractivity contribution is 0.0730. The first-order valence-corrected chi connectivity index (χ1v) is 12.1. The Morgan fingerprint density at radius 2 is 1.86 bits per heavy atom. The van der Waals surface area contributed by atoms with Crippen molar-refractivity contribution < 1.29 is 19.0 Å². The second-order valence-electron chi connectivity index (χ2n) is 8.86. The number of halogens is 2. The van der Waals surface area contributed by atoms with Gasteiger partial charge in [-0.15, -0.1) is 0 Å². The Bertz CT molecular complexity index is 1420. The Hall–Kier alpha value is -3.84. The number of nitrogens with zero attached hydrogens (tertiary/aromatic N) is 2. The molecule has 0 saturated heterocycles. The number of rotatable bonds is 7. The second-order valence-corrected chi connectivity index (χ2v) is 9.27. The highest BCUT2D eigenvalue weighted by molar-refractivity contribution is 6.31. The van der Waals surface area contributed by atoms with Crippen molar-refractivity contribution in [2.24, 2.45) is 0 Å². The van der Waals surface area contributed by atoms with Crippen LogP contribution in [0.4, 0.5) is 4.39 Å². The van der Waals surface area contributed by atoms with Gasteiger partial charge < -0.3 is 14.7 Å². The molecule has 0 spiro atoms. The van der Waals surface area contributed by atoms with Crippen molar-refractivity contribution in [1.29, 1.82) is 0 Å².